The molecule has 0 unspecified atom stereocenters. The van der Waals surface area contributed by atoms with Crippen molar-refractivity contribution < 1.29 is 9.53 Å². The normalized spacial score (nSPS) is 12.2. The van der Waals surface area contributed by atoms with Gasteiger partial charge < -0.3 is 10.1 Å². The molecule has 0 saturated heterocycles. The van der Waals surface area contributed by atoms with Gasteiger partial charge in [0.15, 0.2) is 0 Å². The molecule has 0 aliphatic rings. The minimum Gasteiger partial charge on any atom is -0.468 e. The third-order valence-corrected chi connectivity index (χ3v) is 2.72. The van der Waals surface area contributed by atoms with Crippen LogP contribution < -0.4 is 5.32 Å². The fourth-order valence-corrected chi connectivity index (χ4v) is 1.57. The Kier molecular flexibility index (Phi) is 4.78. The third-order valence-electron chi connectivity index (χ3n) is 2.19. The van der Waals surface area contributed by atoms with Crippen LogP contribution in [0.25, 0.3) is 0 Å². The molecule has 0 heterocycles. The fourth-order valence-electron chi connectivity index (χ4n) is 1.30. The first-order valence-corrected chi connectivity index (χ1v) is 5.46. The third kappa shape index (κ3) is 3.64. The number of esters is 1. The predicted octanol–water partition coefficient (Wildman–Crippen LogP) is 1.75. The molecule has 0 aromatic heterocycles. The first kappa shape index (κ1) is 12.2. The molecule has 0 bridgehead atoms. The summed E-state index contributed by atoms with van der Waals surface area (Å²) in [5, 5.41) is 2.93. The van der Waals surface area contributed by atoms with E-state index in [0.29, 0.717) is 6.42 Å². The maximum Gasteiger partial charge on any atom is 0.323 e. The van der Waals surface area contributed by atoms with Gasteiger partial charge in [-0.15, -0.1) is 0 Å². The minimum atomic E-state index is -0.281. The number of nitrogens with one attached hydrogen (secondary N) is 1. The van der Waals surface area contributed by atoms with Gasteiger partial charge in [0.1, 0.15) is 6.04 Å². The number of halogens is 1. The van der Waals surface area contributed by atoms with E-state index in [-0.39, 0.29) is 12.0 Å². The number of benzene rings is 1. The molecule has 0 aliphatic heterocycles. The zero-order valence-electron chi connectivity index (χ0n) is 8.79. The van der Waals surface area contributed by atoms with E-state index in [0.717, 1.165) is 10.0 Å². The number of carbonyl (C=O) groups is 1. The SMILES string of the molecule is CN[C@@H](Cc1ccc(Br)cc1)C(=O)OC. The summed E-state index contributed by atoms with van der Waals surface area (Å²) in [4.78, 5) is 11.3. The lowest BCUT2D eigenvalue weighted by Crippen LogP contribution is -2.36. The van der Waals surface area contributed by atoms with E-state index in [4.69, 9.17) is 0 Å². The number of hydrogen-bond donors (Lipinski definition) is 1. The van der Waals surface area contributed by atoms with Crippen LogP contribution in [-0.4, -0.2) is 26.2 Å². The van der Waals surface area contributed by atoms with Crippen LogP contribution in [-0.2, 0) is 16.0 Å². The van der Waals surface area contributed by atoms with Gasteiger partial charge in [-0.1, -0.05) is 28.1 Å². The molecule has 4 heteroatoms. The molecule has 1 atom stereocenters. The van der Waals surface area contributed by atoms with Gasteiger partial charge >= 0.3 is 5.97 Å². The highest BCUT2D eigenvalue weighted by Crippen LogP contribution is 2.12. The molecule has 1 aromatic rings. The smallest absolute Gasteiger partial charge is 0.323 e. The second-order valence-corrected chi connectivity index (χ2v) is 4.11. The molecule has 82 valence electrons. The summed E-state index contributed by atoms with van der Waals surface area (Å²) >= 11 is 3.36. The van der Waals surface area contributed by atoms with Crippen molar-refractivity contribution in [2.45, 2.75) is 12.5 Å². The molecule has 15 heavy (non-hydrogen) atoms. The van der Waals surface area contributed by atoms with Crippen LogP contribution >= 0.6 is 15.9 Å². The highest BCUT2D eigenvalue weighted by Gasteiger charge is 2.16. The maximum atomic E-state index is 11.3. The van der Waals surface area contributed by atoms with Crippen molar-refractivity contribution in [1.29, 1.82) is 0 Å². The topological polar surface area (TPSA) is 38.3 Å². The van der Waals surface area contributed by atoms with Crippen LogP contribution in [0.2, 0.25) is 0 Å². The molecule has 1 N–H and O–H groups in total. The summed E-state index contributed by atoms with van der Waals surface area (Å²) in [6, 6.07) is 7.60. The summed E-state index contributed by atoms with van der Waals surface area (Å²) in [6.07, 6.45) is 0.635. The number of likely N-dealkylation sites (N-methyl/N-ethyl adjacent to an activating group) is 1. The lowest BCUT2D eigenvalue weighted by atomic mass is 10.1. The van der Waals surface area contributed by atoms with Crippen LogP contribution in [0.4, 0.5) is 0 Å². The average molecular weight is 272 g/mol. The second kappa shape index (κ2) is 5.88. The number of ether oxygens (including phenoxy) is 1. The van der Waals surface area contributed by atoms with Gasteiger partial charge in [-0.25, -0.2) is 0 Å². The Balaban J connectivity index is 2.66. The van der Waals surface area contributed by atoms with Crippen molar-refractivity contribution in [3.05, 3.63) is 34.3 Å². The zero-order valence-corrected chi connectivity index (χ0v) is 10.4. The summed E-state index contributed by atoms with van der Waals surface area (Å²) in [6.45, 7) is 0. The Labute approximate surface area is 97.9 Å². The van der Waals surface area contributed by atoms with Gasteiger partial charge in [0.25, 0.3) is 0 Å². The summed E-state index contributed by atoms with van der Waals surface area (Å²) in [7, 11) is 3.15. The standard InChI is InChI=1S/C11H14BrNO2/c1-13-10(11(14)15-2)7-8-3-5-9(12)6-4-8/h3-6,10,13H,7H2,1-2H3/t10-/m0/s1. The average Bonchev–Trinajstić information content (AvgIpc) is 2.27. The molecule has 0 saturated carbocycles. The zero-order chi connectivity index (χ0) is 11.3. The maximum absolute atomic E-state index is 11.3. The van der Waals surface area contributed by atoms with Crippen LogP contribution in [0, 0.1) is 0 Å². The van der Waals surface area contributed by atoms with Crippen LogP contribution in [0.3, 0.4) is 0 Å². The highest BCUT2D eigenvalue weighted by molar-refractivity contribution is 9.10. The van der Waals surface area contributed by atoms with Gasteiger partial charge in [0, 0.05) is 4.47 Å². The highest BCUT2D eigenvalue weighted by atomic mass is 79.9. The number of rotatable bonds is 4. The largest absolute Gasteiger partial charge is 0.468 e. The number of hydrogen-bond acceptors (Lipinski definition) is 3. The molecule has 0 radical (unpaired) electrons. The molecule has 0 fully saturated rings. The van der Waals surface area contributed by atoms with Crippen LogP contribution in [0.1, 0.15) is 5.56 Å². The van der Waals surface area contributed by atoms with Crippen LogP contribution in [0.5, 0.6) is 0 Å². The van der Waals surface area contributed by atoms with Crippen LogP contribution in [0.15, 0.2) is 28.7 Å². The van der Waals surface area contributed by atoms with Gasteiger partial charge in [0.05, 0.1) is 7.11 Å². The lowest BCUT2D eigenvalue weighted by molar-refractivity contribution is -0.142. The van der Waals surface area contributed by atoms with Crippen molar-refractivity contribution in [3.63, 3.8) is 0 Å². The minimum absolute atomic E-state index is 0.236. The Hall–Kier alpha value is -0.870. The van der Waals surface area contributed by atoms with E-state index >= 15 is 0 Å². The molecular weight excluding hydrogens is 258 g/mol. The number of methoxy groups -OCH3 is 1. The van der Waals surface area contributed by atoms with Crippen molar-refractivity contribution in [2.75, 3.05) is 14.2 Å². The van der Waals surface area contributed by atoms with Gasteiger partial charge in [-0.2, -0.15) is 0 Å². The molecule has 0 spiro atoms. The van der Waals surface area contributed by atoms with Gasteiger partial charge in [0.2, 0.25) is 0 Å². The Morgan fingerprint density at radius 2 is 2.07 bits per heavy atom. The Morgan fingerprint density at radius 3 is 2.53 bits per heavy atom. The molecular formula is C11H14BrNO2. The Morgan fingerprint density at radius 1 is 1.47 bits per heavy atom. The van der Waals surface area contributed by atoms with E-state index in [2.05, 4.69) is 26.0 Å². The second-order valence-electron chi connectivity index (χ2n) is 3.20. The molecule has 1 rings (SSSR count). The predicted molar refractivity (Wildman–Crippen MR) is 62.7 cm³/mol. The van der Waals surface area contributed by atoms with Gasteiger partial charge in [-0.3, -0.25) is 4.79 Å². The first-order valence-electron chi connectivity index (χ1n) is 4.67. The van der Waals surface area contributed by atoms with E-state index in [9.17, 15) is 4.79 Å². The number of carbonyl (C=O) groups excluding carboxylic acids is 1. The molecule has 1 aromatic carbocycles. The summed E-state index contributed by atoms with van der Waals surface area (Å²) in [5.74, 6) is -0.236. The van der Waals surface area contributed by atoms with E-state index in [1.54, 1.807) is 7.05 Å². The van der Waals surface area contributed by atoms with E-state index < -0.39 is 0 Å². The van der Waals surface area contributed by atoms with E-state index in [1.165, 1.54) is 7.11 Å². The van der Waals surface area contributed by atoms with Gasteiger partial charge in [-0.05, 0) is 31.2 Å². The fraction of sp³-hybridized carbons (Fsp3) is 0.364. The quantitative estimate of drug-likeness (QED) is 0.849. The Bertz CT molecular complexity index is 324. The molecule has 0 aliphatic carbocycles. The van der Waals surface area contributed by atoms with Crippen molar-refractivity contribution in [1.82, 2.24) is 5.32 Å². The monoisotopic (exact) mass is 271 g/mol. The van der Waals surface area contributed by atoms with Crippen molar-refractivity contribution in [2.24, 2.45) is 0 Å². The summed E-state index contributed by atoms with van der Waals surface area (Å²) < 4.78 is 5.72. The molecule has 0 amide bonds. The van der Waals surface area contributed by atoms with Crippen molar-refractivity contribution in [3.8, 4) is 0 Å². The molecule has 3 nitrogen and oxygen atoms in total. The van der Waals surface area contributed by atoms with E-state index in [1.807, 2.05) is 24.3 Å². The summed E-state index contributed by atoms with van der Waals surface area (Å²) in [5.41, 5.74) is 1.10. The first-order chi connectivity index (χ1) is 7.17. The lowest BCUT2D eigenvalue weighted by Gasteiger charge is -2.13. The van der Waals surface area contributed by atoms with Crippen molar-refractivity contribution >= 4 is 21.9 Å².